The molecule has 0 aromatic heterocycles. The van der Waals surface area contributed by atoms with Crippen LogP contribution in [0.3, 0.4) is 0 Å². The van der Waals surface area contributed by atoms with E-state index in [1.165, 1.54) is 25.7 Å². The molecular weight excluding hydrogens is 216 g/mol. The summed E-state index contributed by atoms with van der Waals surface area (Å²) < 4.78 is 0. The van der Waals surface area contributed by atoms with E-state index in [-0.39, 0.29) is 0 Å². The van der Waals surface area contributed by atoms with E-state index >= 15 is 0 Å². The zero-order valence-electron chi connectivity index (χ0n) is 12.8. The first kappa shape index (κ1) is 12.3. The molecule has 0 saturated carbocycles. The van der Waals surface area contributed by atoms with Gasteiger partial charge in [-0.05, 0) is 83.7 Å². The molecule has 0 unspecified atom stereocenters. The van der Waals surface area contributed by atoms with Gasteiger partial charge in [-0.15, -0.1) is 0 Å². The number of fused-ring (bicyclic) bond motifs is 2. The molecule has 0 amide bonds. The summed E-state index contributed by atoms with van der Waals surface area (Å²) in [6.45, 7) is 14.5. The van der Waals surface area contributed by atoms with Gasteiger partial charge in [0.1, 0.15) is 0 Å². The maximum Gasteiger partial charge on any atom is -0.00948 e. The largest absolute Gasteiger partial charge is 0.0558 e. The van der Waals surface area contributed by atoms with Gasteiger partial charge in [0.05, 0.1) is 0 Å². The molecule has 0 heterocycles. The van der Waals surface area contributed by atoms with Gasteiger partial charge in [0.2, 0.25) is 0 Å². The Hall–Kier alpha value is -0.780. The van der Waals surface area contributed by atoms with E-state index in [0.29, 0.717) is 10.8 Å². The third kappa shape index (κ3) is 1.38. The van der Waals surface area contributed by atoms with Crippen molar-refractivity contribution in [3.05, 3.63) is 33.4 Å². The minimum atomic E-state index is 0.387. The van der Waals surface area contributed by atoms with Crippen molar-refractivity contribution in [1.82, 2.24) is 0 Å². The Balaban J connectivity index is 2.38. The first-order valence-corrected chi connectivity index (χ1v) is 7.41. The number of hydrogen-bond acceptors (Lipinski definition) is 0. The highest BCUT2D eigenvalue weighted by Gasteiger charge is 2.40. The molecule has 1 aromatic rings. The number of benzene rings is 1. The lowest BCUT2D eigenvalue weighted by atomic mass is 9.76. The second kappa shape index (κ2) is 3.40. The third-order valence-electron chi connectivity index (χ3n) is 5.61. The lowest BCUT2D eigenvalue weighted by molar-refractivity contribution is 0.505. The van der Waals surface area contributed by atoms with Crippen LogP contribution in [0.2, 0.25) is 0 Å². The van der Waals surface area contributed by atoms with E-state index in [0.717, 1.165) is 0 Å². The predicted molar refractivity (Wildman–Crippen MR) is 78.6 cm³/mol. The van der Waals surface area contributed by atoms with Gasteiger partial charge in [0, 0.05) is 0 Å². The van der Waals surface area contributed by atoms with Gasteiger partial charge >= 0.3 is 0 Å². The molecule has 18 heavy (non-hydrogen) atoms. The molecule has 0 spiro atoms. The van der Waals surface area contributed by atoms with Gasteiger partial charge in [0.15, 0.2) is 0 Å². The summed E-state index contributed by atoms with van der Waals surface area (Å²) in [6, 6.07) is 0. The Morgan fingerprint density at radius 2 is 1.06 bits per heavy atom. The molecule has 0 N–H and O–H groups in total. The van der Waals surface area contributed by atoms with Gasteiger partial charge < -0.3 is 0 Å². The second-order valence-electron chi connectivity index (χ2n) is 7.72. The summed E-state index contributed by atoms with van der Waals surface area (Å²) in [5.74, 6) is 0. The van der Waals surface area contributed by atoms with Crippen molar-refractivity contribution in [2.75, 3.05) is 0 Å². The fourth-order valence-corrected chi connectivity index (χ4v) is 4.72. The molecule has 0 saturated heterocycles. The Morgan fingerprint density at radius 1 is 0.667 bits per heavy atom. The van der Waals surface area contributed by atoms with Gasteiger partial charge in [-0.25, -0.2) is 0 Å². The van der Waals surface area contributed by atoms with Crippen molar-refractivity contribution < 1.29 is 0 Å². The standard InChI is InChI=1S/C18H26/c1-11-13-7-9-17(3,4)15(13)12(2)16-14(11)8-10-18(16,5)6/h7-10H2,1-6H3. The summed E-state index contributed by atoms with van der Waals surface area (Å²) in [4.78, 5) is 0. The molecule has 0 bridgehead atoms. The Labute approximate surface area is 112 Å². The van der Waals surface area contributed by atoms with Gasteiger partial charge in [0.25, 0.3) is 0 Å². The van der Waals surface area contributed by atoms with Crippen LogP contribution in [0.5, 0.6) is 0 Å². The molecule has 0 heteroatoms. The average Bonchev–Trinajstić information content (AvgIpc) is 2.73. The molecule has 3 rings (SSSR count). The summed E-state index contributed by atoms with van der Waals surface area (Å²) in [7, 11) is 0. The first-order chi connectivity index (χ1) is 8.26. The third-order valence-corrected chi connectivity index (χ3v) is 5.61. The maximum atomic E-state index is 2.43. The summed E-state index contributed by atoms with van der Waals surface area (Å²) in [5.41, 5.74) is 10.8. The van der Waals surface area contributed by atoms with Crippen LogP contribution in [0, 0.1) is 13.8 Å². The van der Waals surface area contributed by atoms with Crippen LogP contribution >= 0.6 is 0 Å². The summed E-state index contributed by atoms with van der Waals surface area (Å²) in [6.07, 6.45) is 5.24. The minimum absolute atomic E-state index is 0.387. The highest BCUT2D eigenvalue weighted by molar-refractivity contribution is 5.59. The minimum Gasteiger partial charge on any atom is -0.0558 e. The molecule has 0 aliphatic heterocycles. The maximum absolute atomic E-state index is 2.43. The summed E-state index contributed by atoms with van der Waals surface area (Å²) >= 11 is 0. The van der Waals surface area contributed by atoms with Gasteiger partial charge in [-0.3, -0.25) is 0 Å². The van der Waals surface area contributed by atoms with E-state index < -0.39 is 0 Å². The van der Waals surface area contributed by atoms with E-state index in [9.17, 15) is 0 Å². The van der Waals surface area contributed by atoms with Crippen LogP contribution in [0.1, 0.15) is 73.9 Å². The number of hydrogen-bond donors (Lipinski definition) is 0. The van der Waals surface area contributed by atoms with Gasteiger partial charge in [-0.1, -0.05) is 27.7 Å². The summed E-state index contributed by atoms with van der Waals surface area (Å²) in [5, 5.41) is 0. The molecule has 0 fully saturated rings. The molecule has 2 aliphatic carbocycles. The van der Waals surface area contributed by atoms with Crippen molar-refractivity contribution in [2.24, 2.45) is 0 Å². The van der Waals surface area contributed by atoms with E-state index in [2.05, 4.69) is 41.5 Å². The second-order valence-corrected chi connectivity index (χ2v) is 7.72. The zero-order valence-corrected chi connectivity index (χ0v) is 12.8. The molecule has 98 valence electrons. The van der Waals surface area contributed by atoms with E-state index in [4.69, 9.17) is 0 Å². The lowest BCUT2D eigenvalue weighted by Crippen LogP contribution is -2.20. The Morgan fingerprint density at radius 3 is 1.44 bits per heavy atom. The van der Waals surface area contributed by atoms with E-state index in [1.807, 2.05) is 0 Å². The van der Waals surface area contributed by atoms with Crippen LogP contribution in [-0.2, 0) is 23.7 Å². The molecule has 0 atom stereocenters. The highest BCUT2D eigenvalue weighted by Crippen LogP contribution is 2.50. The van der Waals surface area contributed by atoms with E-state index in [1.54, 1.807) is 33.4 Å². The molecular formula is C18H26. The molecule has 0 nitrogen and oxygen atoms in total. The topological polar surface area (TPSA) is 0 Å². The molecule has 1 aromatic carbocycles. The average molecular weight is 242 g/mol. The van der Waals surface area contributed by atoms with Crippen molar-refractivity contribution in [3.8, 4) is 0 Å². The quantitative estimate of drug-likeness (QED) is 0.616. The smallest absolute Gasteiger partial charge is 0.00948 e. The van der Waals surface area contributed by atoms with Crippen molar-refractivity contribution in [2.45, 2.75) is 78.1 Å². The van der Waals surface area contributed by atoms with Crippen LogP contribution < -0.4 is 0 Å². The van der Waals surface area contributed by atoms with Crippen LogP contribution in [0.15, 0.2) is 0 Å². The monoisotopic (exact) mass is 242 g/mol. The molecule has 2 aliphatic rings. The van der Waals surface area contributed by atoms with Crippen LogP contribution in [-0.4, -0.2) is 0 Å². The molecule has 0 radical (unpaired) electrons. The van der Waals surface area contributed by atoms with Crippen LogP contribution in [0.25, 0.3) is 0 Å². The normalized spacial score (nSPS) is 23.0. The SMILES string of the molecule is Cc1c2c(c(C)c3c1CCC3(C)C)C(C)(C)CC2. The number of rotatable bonds is 0. The van der Waals surface area contributed by atoms with Crippen LogP contribution in [0.4, 0.5) is 0 Å². The first-order valence-electron chi connectivity index (χ1n) is 7.41. The van der Waals surface area contributed by atoms with Crippen molar-refractivity contribution in [3.63, 3.8) is 0 Å². The Bertz CT molecular complexity index is 484. The fraction of sp³-hybridized carbons (Fsp3) is 0.667. The lowest BCUT2D eigenvalue weighted by Gasteiger charge is -2.29. The van der Waals surface area contributed by atoms with Crippen molar-refractivity contribution in [1.29, 1.82) is 0 Å². The van der Waals surface area contributed by atoms with Gasteiger partial charge in [-0.2, -0.15) is 0 Å². The predicted octanol–water partition coefficient (Wildman–Crippen LogP) is 4.75. The zero-order chi connectivity index (χ0) is 13.3. The van der Waals surface area contributed by atoms with Crippen molar-refractivity contribution >= 4 is 0 Å². The highest BCUT2D eigenvalue weighted by atomic mass is 14.4. The fourth-order valence-electron chi connectivity index (χ4n) is 4.72. The Kier molecular flexibility index (Phi) is 2.32.